The van der Waals surface area contributed by atoms with E-state index in [0.717, 1.165) is 11.3 Å². The van der Waals surface area contributed by atoms with Crippen LogP contribution in [0.2, 0.25) is 0 Å². The normalized spacial score (nSPS) is 25.7. The van der Waals surface area contributed by atoms with E-state index in [1.165, 1.54) is 24.6 Å². The molecule has 0 aromatic heterocycles. The number of hydrogen-bond donors (Lipinski definition) is 0. The molecule has 0 N–H and O–H groups in total. The van der Waals surface area contributed by atoms with E-state index in [4.69, 9.17) is 0 Å². The first kappa shape index (κ1) is 7.59. The molecule has 0 amide bonds. The SMILES string of the molecule is CCC(C)C1(CBr)CC1. The van der Waals surface area contributed by atoms with Crippen LogP contribution in [0, 0.1) is 11.3 Å². The quantitative estimate of drug-likeness (QED) is 0.601. The molecule has 1 aliphatic rings. The molecule has 1 atom stereocenters. The highest BCUT2D eigenvalue weighted by atomic mass is 79.9. The third-order valence-corrected chi connectivity index (χ3v) is 3.93. The van der Waals surface area contributed by atoms with Crippen molar-refractivity contribution in [3.63, 3.8) is 0 Å². The van der Waals surface area contributed by atoms with Gasteiger partial charge in [-0.2, -0.15) is 0 Å². The molecule has 0 aromatic rings. The summed E-state index contributed by atoms with van der Waals surface area (Å²) < 4.78 is 0. The van der Waals surface area contributed by atoms with E-state index in [-0.39, 0.29) is 0 Å². The Morgan fingerprint density at radius 3 is 2.22 bits per heavy atom. The molecule has 0 radical (unpaired) electrons. The molecule has 0 bridgehead atoms. The second kappa shape index (κ2) is 2.61. The molecule has 0 aromatic carbocycles. The summed E-state index contributed by atoms with van der Waals surface area (Å²) in [6.45, 7) is 4.65. The van der Waals surface area contributed by atoms with Crippen molar-refractivity contribution in [3.05, 3.63) is 0 Å². The number of hydrogen-bond acceptors (Lipinski definition) is 0. The Morgan fingerprint density at radius 2 is 2.11 bits per heavy atom. The summed E-state index contributed by atoms with van der Waals surface area (Å²) >= 11 is 3.57. The largest absolute Gasteiger partial charge is 0.0922 e. The fourth-order valence-corrected chi connectivity index (χ4v) is 2.47. The average Bonchev–Trinajstić information content (AvgIpc) is 2.66. The zero-order chi connectivity index (χ0) is 6.91. The van der Waals surface area contributed by atoms with Crippen LogP contribution in [-0.4, -0.2) is 5.33 Å². The Morgan fingerprint density at radius 1 is 1.56 bits per heavy atom. The van der Waals surface area contributed by atoms with Crippen LogP contribution in [0.3, 0.4) is 0 Å². The van der Waals surface area contributed by atoms with Gasteiger partial charge >= 0.3 is 0 Å². The van der Waals surface area contributed by atoms with Crippen molar-refractivity contribution >= 4 is 15.9 Å². The fourth-order valence-electron chi connectivity index (χ4n) is 1.35. The summed E-state index contributed by atoms with van der Waals surface area (Å²) in [6.07, 6.45) is 4.24. The summed E-state index contributed by atoms with van der Waals surface area (Å²) in [5.74, 6) is 0.928. The first-order valence-electron chi connectivity index (χ1n) is 3.81. The molecule has 0 nitrogen and oxygen atoms in total. The lowest BCUT2D eigenvalue weighted by Crippen LogP contribution is -2.12. The lowest BCUT2D eigenvalue weighted by atomic mass is 9.91. The van der Waals surface area contributed by atoms with Crippen molar-refractivity contribution in [3.8, 4) is 0 Å². The monoisotopic (exact) mass is 190 g/mol. The summed E-state index contributed by atoms with van der Waals surface area (Å²) in [6, 6.07) is 0. The Balaban J connectivity index is 2.39. The van der Waals surface area contributed by atoms with Crippen molar-refractivity contribution in [1.82, 2.24) is 0 Å². The van der Waals surface area contributed by atoms with Crippen molar-refractivity contribution in [1.29, 1.82) is 0 Å². The van der Waals surface area contributed by atoms with E-state index in [1.807, 2.05) is 0 Å². The first-order chi connectivity index (χ1) is 4.25. The molecular weight excluding hydrogens is 176 g/mol. The smallest absolute Gasteiger partial charge is 0.00905 e. The van der Waals surface area contributed by atoms with Gasteiger partial charge < -0.3 is 0 Å². The summed E-state index contributed by atoms with van der Waals surface area (Å²) in [7, 11) is 0. The summed E-state index contributed by atoms with van der Waals surface area (Å²) in [4.78, 5) is 0. The third kappa shape index (κ3) is 1.31. The van der Waals surface area contributed by atoms with Crippen LogP contribution in [0.25, 0.3) is 0 Å². The lowest BCUT2D eigenvalue weighted by molar-refractivity contribution is 0.363. The van der Waals surface area contributed by atoms with Crippen LogP contribution < -0.4 is 0 Å². The van der Waals surface area contributed by atoms with E-state index in [2.05, 4.69) is 29.8 Å². The molecule has 1 heteroatoms. The van der Waals surface area contributed by atoms with Gasteiger partial charge in [-0.1, -0.05) is 36.2 Å². The van der Waals surface area contributed by atoms with E-state index in [1.54, 1.807) is 0 Å². The lowest BCUT2D eigenvalue weighted by Gasteiger charge is -2.18. The van der Waals surface area contributed by atoms with Gasteiger partial charge in [0.2, 0.25) is 0 Å². The van der Waals surface area contributed by atoms with Gasteiger partial charge in [-0.25, -0.2) is 0 Å². The first-order valence-corrected chi connectivity index (χ1v) is 4.93. The highest BCUT2D eigenvalue weighted by molar-refractivity contribution is 9.09. The van der Waals surface area contributed by atoms with E-state index >= 15 is 0 Å². The van der Waals surface area contributed by atoms with Gasteiger partial charge in [-0.05, 0) is 24.2 Å². The van der Waals surface area contributed by atoms with Crippen molar-refractivity contribution in [2.45, 2.75) is 33.1 Å². The molecule has 1 saturated carbocycles. The molecule has 1 fully saturated rings. The Hall–Kier alpha value is 0.480. The van der Waals surface area contributed by atoms with Crippen molar-refractivity contribution in [2.24, 2.45) is 11.3 Å². The number of rotatable bonds is 3. The van der Waals surface area contributed by atoms with Gasteiger partial charge in [0, 0.05) is 5.33 Å². The molecule has 54 valence electrons. The maximum atomic E-state index is 3.57. The van der Waals surface area contributed by atoms with Gasteiger partial charge in [0.1, 0.15) is 0 Å². The van der Waals surface area contributed by atoms with Crippen LogP contribution >= 0.6 is 15.9 Å². The average molecular weight is 191 g/mol. The fraction of sp³-hybridized carbons (Fsp3) is 1.00. The molecule has 0 saturated heterocycles. The predicted molar refractivity (Wildman–Crippen MR) is 44.9 cm³/mol. The highest BCUT2D eigenvalue weighted by Gasteiger charge is 2.44. The standard InChI is InChI=1S/C8H15Br/c1-3-7(2)8(6-9)4-5-8/h7H,3-6H2,1-2H3. The zero-order valence-corrected chi connectivity index (χ0v) is 7.87. The second-order valence-electron chi connectivity index (χ2n) is 3.31. The molecule has 1 aliphatic carbocycles. The van der Waals surface area contributed by atoms with Gasteiger partial charge in [0.25, 0.3) is 0 Å². The second-order valence-corrected chi connectivity index (χ2v) is 3.87. The highest BCUT2D eigenvalue weighted by Crippen LogP contribution is 2.54. The Kier molecular flexibility index (Phi) is 2.20. The van der Waals surface area contributed by atoms with Crippen LogP contribution in [0.1, 0.15) is 33.1 Å². The van der Waals surface area contributed by atoms with Crippen LogP contribution in [0.5, 0.6) is 0 Å². The minimum atomic E-state index is 0.717. The maximum Gasteiger partial charge on any atom is 0.00905 e. The van der Waals surface area contributed by atoms with Gasteiger partial charge in [0.15, 0.2) is 0 Å². The predicted octanol–water partition coefficient (Wildman–Crippen LogP) is 3.21. The van der Waals surface area contributed by atoms with Crippen LogP contribution in [0.4, 0.5) is 0 Å². The maximum absolute atomic E-state index is 3.57. The number of alkyl halides is 1. The Bertz CT molecular complexity index is 94.7. The Labute approximate surface area is 66.2 Å². The van der Waals surface area contributed by atoms with E-state index in [9.17, 15) is 0 Å². The topological polar surface area (TPSA) is 0 Å². The van der Waals surface area contributed by atoms with Gasteiger partial charge in [-0.15, -0.1) is 0 Å². The molecule has 1 rings (SSSR count). The van der Waals surface area contributed by atoms with E-state index < -0.39 is 0 Å². The van der Waals surface area contributed by atoms with Crippen molar-refractivity contribution < 1.29 is 0 Å². The number of halogens is 1. The van der Waals surface area contributed by atoms with Crippen molar-refractivity contribution in [2.75, 3.05) is 5.33 Å². The third-order valence-electron chi connectivity index (χ3n) is 2.82. The minimum absolute atomic E-state index is 0.717. The molecule has 0 aliphatic heterocycles. The van der Waals surface area contributed by atoms with Crippen LogP contribution in [-0.2, 0) is 0 Å². The van der Waals surface area contributed by atoms with Crippen LogP contribution in [0.15, 0.2) is 0 Å². The van der Waals surface area contributed by atoms with Gasteiger partial charge in [0.05, 0.1) is 0 Å². The zero-order valence-electron chi connectivity index (χ0n) is 6.28. The van der Waals surface area contributed by atoms with Gasteiger partial charge in [-0.3, -0.25) is 0 Å². The summed E-state index contributed by atoms with van der Waals surface area (Å²) in [5.41, 5.74) is 0.717. The molecule has 0 heterocycles. The molecule has 0 spiro atoms. The minimum Gasteiger partial charge on any atom is -0.0922 e. The molecular formula is C8H15Br. The summed E-state index contributed by atoms with van der Waals surface area (Å²) in [5, 5.41) is 1.22. The molecule has 9 heavy (non-hydrogen) atoms. The van der Waals surface area contributed by atoms with E-state index in [0.29, 0.717) is 0 Å². The molecule has 1 unspecified atom stereocenters.